The first kappa shape index (κ1) is 13.1. The molecule has 1 amide bonds. The van der Waals surface area contributed by atoms with Gasteiger partial charge in [-0.25, -0.2) is 0 Å². The number of nitrogens with one attached hydrogen (secondary N) is 1. The van der Waals surface area contributed by atoms with Gasteiger partial charge in [0.25, 0.3) is 5.91 Å². The lowest BCUT2D eigenvalue weighted by Crippen LogP contribution is -2.43. The van der Waals surface area contributed by atoms with Crippen LogP contribution in [-0.2, 0) is 6.42 Å². The fraction of sp³-hybridized carbons (Fsp3) is 0.250. The van der Waals surface area contributed by atoms with E-state index in [-0.39, 0.29) is 11.7 Å². The molecule has 1 aromatic heterocycles. The van der Waals surface area contributed by atoms with Crippen molar-refractivity contribution in [2.24, 2.45) is 0 Å². The van der Waals surface area contributed by atoms with Crippen LogP contribution in [0.5, 0.6) is 0 Å². The van der Waals surface area contributed by atoms with Gasteiger partial charge in [0.1, 0.15) is 0 Å². The molecule has 20 heavy (non-hydrogen) atoms. The minimum Gasteiger partial charge on any atom is -0.342 e. The summed E-state index contributed by atoms with van der Waals surface area (Å²) in [5, 5.41) is 4.80. The number of Topliss-reactive ketones (excluding diaryl/α,β-unsaturated/α-hetero) is 1. The molecule has 0 bridgehead atoms. The van der Waals surface area contributed by atoms with Crippen molar-refractivity contribution < 1.29 is 9.59 Å². The summed E-state index contributed by atoms with van der Waals surface area (Å²) in [6.45, 7) is 1.94. The standard InChI is InChI=1S/C16H15NO2S/c1-10-3-2-4-11(9-10)16(19)17-13-5-6-14-12(15(13)18)7-8-20-14/h2-4,7-9,13H,5-6H2,1H3,(H,17,19). The molecule has 102 valence electrons. The van der Waals surface area contributed by atoms with E-state index in [9.17, 15) is 9.59 Å². The highest BCUT2D eigenvalue weighted by atomic mass is 32.1. The van der Waals surface area contributed by atoms with Gasteiger partial charge in [-0.1, -0.05) is 17.7 Å². The van der Waals surface area contributed by atoms with Crippen LogP contribution in [0.4, 0.5) is 0 Å². The summed E-state index contributed by atoms with van der Waals surface area (Å²) >= 11 is 1.61. The number of thiophene rings is 1. The molecule has 1 atom stereocenters. The molecule has 3 rings (SSSR count). The summed E-state index contributed by atoms with van der Waals surface area (Å²) in [5.41, 5.74) is 2.41. The molecule has 3 nitrogen and oxygen atoms in total. The van der Waals surface area contributed by atoms with Crippen molar-refractivity contribution >= 4 is 23.0 Å². The molecular weight excluding hydrogens is 270 g/mol. The number of fused-ring (bicyclic) bond motifs is 1. The van der Waals surface area contributed by atoms with Crippen LogP contribution in [-0.4, -0.2) is 17.7 Å². The fourth-order valence-corrected chi connectivity index (χ4v) is 3.41. The lowest BCUT2D eigenvalue weighted by molar-refractivity contribution is 0.0846. The SMILES string of the molecule is Cc1cccc(C(=O)NC2CCc3sccc3C2=O)c1. The molecule has 4 heteroatoms. The largest absolute Gasteiger partial charge is 0.342 e. The second kappa shape index (κ2) is 5.21. The van der Waals surface area contributed by atoms with Crippen LogP contribution in [0.3, 0.4) is 0 Å². The van der Waals surface area contributed by atoms with E-state index < -0.39 is 6.04 Å². The second-order valence-corrected chi connectivity index (χ2v) is 6.06. The molecular formula is C16H15NO2S. The number of carbonyl (C=O) groups excluding carboxylic acids is 2. The number of ketones is 1. The lowest BCUT2D eigenvalue weighted by atomic mass is 9.93. The maximum absolute atomic E-state index is 12.3. The average molecular weight is 285 g/mol. The van der Waals surface area contributed by atoms with Crippen LogP contribution in [0.15, 0.2) is 35.7 Å². The number of hydrogen-bond acceptors (Lipinski definition) is 3. The van der Waals surface area contributed by atoms with Gasteiger partial charge in [0.2, 0.25) is 0 Å². The van der Waals surface area contributed by atoms with Crippen LogP contribution < -0.4 is 5.32 Å². The Bertz CT molecular complexity index is 675. The first-order valence-corrected chi connectivity index (χ1v) is 7.51. The highest BCUT2D eigenvalue weighted by Gasteiger charge is 2.29. The van der Waals surface area contributed by atoms with E-state index in [4.69, 9.17) is 0 Å². The lowest BCUT2D eigenvalue weighted by Gasteiger charge is -2.22. The van der Waals surface area contributed by atoms with Crippen molar-refractivity contribution in [1.29, 1.82) is 0 Å². The summed E-state index contributed by atoms with van der Waals surface area (Å²) < 4.78 is 0. The van der Waals surface area contributed by atoms with Gasteiger partial charge in [-0.05, 0) is 43.3 Å². The first-order chi connectivity index (χ1) is 9.65. The molecule has 1 aliphatic carbocycles. The van der Waals surface area contributed by atoms with Crippen molar-refractivity contribution in [1.82, 2.24) is 5.32 Å². The van der Waals surface area contributed by atoms with Crippen molar-refractivity contribution in [2.45, 2.75) is 25.8 Å². The van der Waals surface area contributed by atoms with Crippen molar-refractivity contribution in [2.75, 3.05) is 0 Å². The van der Waals surface area contributed by atoms with E-state index in [1.165, 1.54) is 0 Å². The van der Waals surface area contributed by atoms with Gasteiger partial charge in [-0.3, -0.25) is 9.59 Å². The maximum Gasteiger partial charge on any atom is 0.251 e. The molecule has 0 radical (unpaired) electrons. The normalized spacial score (nSPS) is 17.6. The first-order valence-electron chi connectivity index (χ1n) is 6.63. The molecule has 1 aromatic carbocycles. The zero-order valence-corrected chi connectivity index (χ0v) is 12.0. The third-order valence-corrected chi connectivity index (χ3v) is 4.55. The van der Waals surface area contributed by atoms with Gasteiger partial charge in [0.05, 0.1) is 6.04 Å². The van der Waals surface area contributed by atoms with Gasteiger partial charge in [-0.2, -0.15) is 0 Å². The number of hydrogen-bond donors (Lipinski definition) is 1. The van der Waals surface area contributed by atoms with Crippen LogP contribution >= 0.6 is 11.3 Å². The van der Waals surface area contributed by atoms with Gasteiger partial charge >= 0.3 is 0 Å². The van der Waals surface area contributed by atoms with E-state index in [2.05, 4.69) is 5.32 Å². The van der Waals surface area contributed by atoms with E-state index in [1.807, 2.05) is 36.6 Å². The zero-order chi connectivity index (χ0) is 14.1. The van der Waals surface area contributed by atoms with Gasteiger partial charge in [-0.15, -0.1) is 11.3 Å². The predicted octanol–water partition coefficient (Wildman–Crippen LogP) is 2.98. The zero-order valence-electron chi connectivity index (χ0n) is 11.2. The molecule has 1 unspecified atom stereocenters. The highest BCUT2D eigenvalue weighted by molar-refractivity contribution is 7.10. The maximum atomic E-state index is 12.3. The summed E-state index contributed by atoms with van der Waals surface area (Å²) in [6, 6.07) is 8.85. The Balaban J connectivity index is 1.76. The minimum absolute atomic E-state index is 0.0357. The monoisotopic (exact) mass is 285 g/mol. The Labute approximate surface area is 121 Å². The van der Waals surface area contributed by atoms with Gasteiger partial charge in [0.15, 0.2) is 5.78 Å². The van der Waals surface area contributed by atoms with E-state index in [0.29, 0.717) is 12.0 Å². The third-order valence-electron chi connectivity index (χ3n) is 3.57. The minimum atomic E-state index is -0.398. The van der Waals surface area contributed by atoms with Crippen LogP contribution in [0.25, 0.3) is 0 Å². The Hall–Kier alpha value is -1.94. The molecule has 0 saturated carbocycles. The Morgan fingerprint density at radius 3 is 3.00 bits per heavy atom. The molecule has 1 aliphatic rings. The molecule has 0 fully saturated rings. The molecule has 2 aromatic rings. The van der Waals surface area contributed by atoms with E-state index in [1.54, 1.807) is 17.4 Å². The van der Waals surface area contributed by atoms with Crippen molar-refractivity contribution in [3.05, 3.63) is 57.3 Å². The number of aryl methyl sites for hydroxylation is 2. The Morgan fingerprint density at radius 1 is 1.35 bits per heavy atom. The smallest absolute Gasteiger partial charge is 0.251 e. The van der Waals surface area contributed by atoms with Crippen LogP contribution in [0.2, 0.25) is 0 Å². The van der Waals surface area contributed by atoms with Crippen molar-refractivity contribution in [3.8, 4) is 0 Å². The quantitative estimate of drug-likeness (QED) is 0.922. The Kier molecular flexibility index (Phi) is 3.40. The third kappa shape index (κ3) is 2.39. The number of carbonyl (C=O) groups is 2. The molecule has 0 saturated heterocycles. The molecule has 1 N–H and O–H groups in total. The summed E-state index contributed by atoms with van der Waals surface area (Å²) in [4.78, 5) is 25.6. The summed E-state index contributed by atoms with van der Waals surface area (Å²) in [7, 11) is 0. The van der Waals surface area contributed by atoms with Gasteiger partial charge < -0.3 is 5.32 Å². The molecule has 1 heterocycles. The topological polar surface area (TPSA) is 46.2 Å². The average Bonchev–Trinajstić information content (AvgIpc) is 2.91. The molecule has 0 spiro atoms. The molecule has 0 aliphatic heterocycles. The number of amides is 1. The van der Waals surface area contributed by atoms with Crippen LogP contribution in [0, 0.1) is 6.92 Å². The van der Waals surface area contributed by atoms with E-state index >= 15 is 0 Å². The fourth-order valence-electron chi connectivity index (χ4n) is 2.51. The summed E-state index contributed by atoms with van der Waals surface area (Å²) in [5.74, 6) is -0.140. The van der Waals surface area contributed by atoms with Crippen LogP contribution in [0.1, 0.15) is 37.6 Å². The number of rotatable bonds is 2. The van der Waals surface area contributed by atoms with Crippen molar-refractivity contribution in [3.63, 3.8) is 0 Å². The second-order valence-electron chi connectivity index (χ2n) is 5.06. The number of benzene rings is 1. The van der Waals surface area contributed by atoms with E-state index in [0.717, 1.165) is 22.4 Å². The predicted molar refractivity (Wildman–Crippen MR) is 79.4 cm³/mol. The van der Waals surface area contributed by atoms with Gasteiger partial charge in [0, 0.05) is 16.0 Å². The summed E-state index contributed by atoms with van der Waals surface area (Å²) in [6.07, 6.45) is 1.54. The highest BCUT2D eigenvalue weighted by Crippen LogP contribution is 2.26. The Morgan fingerprint density at radius 2 is 2.20 bits per heavy atom.